The first-order valence-electron chi connectivity index (χ1n) is 6.47. The van der Waals surface area contributed by atoms with Gasteiger partial charge in [-0.25, -0.2) is 4.98 Å². The first-order chi connectivity index (χ1) is 8.60. The number of nitrogens with zero attached hydrogens (tertiary/aromatic N) is 1. The quantitative estimate of drug-likeness (QED) is 0.927. The van der Waals surface area contributed by atoms with Crippen LogP contribution in [0, 0.1) is 0 Å². The lowest BCUT2D eigenvalue weighted by Gasteiger charge is -2.30. The summed E-state index contributed by atoms with van der Waals surface area (Å²) in [6.07, 6.45) is 1.91. The van der Waals surface area contributed by atoms with Crippen molar-refractivity contribution in [2.24, 2.45) is 0 Å². The summed E-state index contributed by atoms with van der Waals surface area (Å²) in [6, 6.07) is 1.62. The Labute approximate surface area is 117 Å². The highest BCUT2D eigenvalue weighted by molar-refractivity contribution is 8.07. The van der Waals surface area contributed by atoms with Gasteiger partial charge in [-0.15, -0.1) is 11.8 Å². The van der Waals surface area contributed by atoms with Gasteiger partial charge in [-0.2, -0.15) is 11.8 Å². The molecule has 0 radical (unpaired) electrons. The topological polar surface area (TPSA) is 45.8 Å². The Bertz CT molecular complexity index is 461. The number of hydrogen-bond acceptors (Lipinski definition) is 4. The normalized spacial score (nSPS) is 28.3. The van der Waals surface area contributed by atoms with Crippen molar-refractivity contribution in [2.45, 2.75) is 49.4 Å². The lowest BCUT2D eigenvalue weighted by Crippen LogP contribution is -2.24. The van der Waals surface area contributed by atoms with Gasteiger partial charge in [0.25, 0.3) is 5.56 Å². The average molecular weight is 284 g/mol. The van der Waals surface area contributed by atoms with Crippen LogP contribution in [0.2, 0.25) is 0 Å². The number of aromatic nitrogens is 2. The molecule has 0 amide bonds. The number of nitrogens with one attached hydrogen (secondary N) is 1. The second kappa shape index (κ2) is 6.15. The van der Waals surface area contributed by atoms with Crippen molar-refractivity contribution in [3.8, 4) is 0 Å². The summed E-state index contributed by atoms with van der Waals surface area (Å²) in [5.41, 5.74) is 0.911. The molecule has 1 aliphatic heterocycles. The van der Waals surface area contributed by atoms with Gasteiger partial charge >= 0.3 is 0 Å². The molecule has 1 aliphatic rings. The third-order valence-corrected chi connectivity index (χ3v) is 6.57. The van der Waals surface area contributed by atoms with Crippen LogP contribution in [0.4, 0.5) is 0 Å². The van der Waals surface area contributed by atoms with Crippen LogP contribution in [0.5, 0.6) is 0 Å². The molecule has 100 valence electrons. The number of thioether (sulfide) groups is 2. The first kappa shape index (κ1) is 14.0. The van der Waals surface area contributed by atoms with Gasteiger partial charge in [0.1, 0.15) is 5.82 Å². The Morgan fingerprint density at radius 1 is 1.44 bits per heavy atom. The molecule has 0 saturated carbocycles. The summed E-state index contributed by atoms with van der Waals surface area (Å²) in [5, 5.41) is 1.61. The van der Waals surface area contributed by atoms with Crippen molar-refractivity contribution < 1.29 is 0 Å². The van der Waals surface area contributed by atoms with Gasteiger partial charge in [0, 0.05) is 28.0 Å². The standard InChI is InChI=1S/C13H20N2OS2/c1-4-5-10-6-12(16)15-13(14-10)11-7-17-8(2)9(3)18-11/h6,8-9,11H,4-5,7H2,1-3H3,(H,14,15,16). The Kier molecular flexibility index (Phi) is 4.78. The molecule has 0 aromatic carbocycles. The SMILES string of the molecule is CCCc1cc(=O)[nH]c(C2CSC(C)C(C)S2)n1. The van der Waals surface area contributed by atoms with Crippen LogP contribution in [-0.4, -0.2) is 26.2 Å². The molecule has 1 aromatic heterocycles. The van der Waals surface area contributed by atoms with E-state index in [2.05, 4.69) is 30.7 Å². The Morgan fingerprint density at radius 3 is 2.89 bits per heavy atom. The molecule has 18 heavy (non-hydrogen) atoms. The minimum atomic E-state index is -0.0136. The molecule has 3 nitrogen and oxygen atoms in total. The molecular formula is C13H20N2OS2. The van der Waals surface area contributed by atoms with E-state index >= 15 is 0 Å². The third-order valence-electron chi connectivity index (χ3n) is 3.17. The van der Waals surface area contributed by atoms with E-state index in [9.17, 15) is 4.79 Å². The van der Waals surface area contributed by atoms with E-state index in [0.717, 1.165) is 30.1 Å². The van der Waals surface area contributed by atoms with Crippen molar-refractivity contribution in [1.29, 1.82) is 0 Å². The molecule has 2 rings (SSSR count). The van der Waals surface area contributed by atoms with Crippen molar-refractivity contribution >= 4 is 23.5 Å². The summed E-state index contributed by atoms with van der Waals surface area (Å²) in [7, 11) is 0. The highest BCUT2D eigenvalue weighted by Crippen LogP contribution is 2.42. The van der Waals surface area contributed by atoms with Crippen LogP contribution in [0.25, 0.3) is 0 Å². The maximum atomic E-state index is 11.7. The second-order valence-electron chi connectivity index (χ2n) is 4.74. The van der Waals surface area contributed by atoms with E-state index in [1.54, 1.807) is 6.07 Å². The lowest BCUT2D eigenvalue weighted by molar-refractivity contribution is 0.806. The zero-order valence-electron chi connectivity index (χ0n) is 11.1. The van der Waals surface area contributed by atoms with Crippen LogP contribution >= 0.6 is 23.5 Å². The minimum Gasteiger partial charge on any atom is -0.310 e. The molecule has 2 heterocycles. The van der Waals surface area contributed by atoms with Gasteiger partial charge in [-0.05, 0) is 6.42 Å². The fraction of sp³-hybridized carbons (Fsp3) is 0.692. The third kappa shape index (κ3) is 3.32. The lowest BCUT2D eigenvalue weighted by atomic mass is 10.2. The number of aromatic amines is 1. The summed E-state index contributed by atoms with van der Waals surface area (Å²) < 4.78 is 0. The predicted molar refractivity (Wildman–Crippen MR) is 80.6 cm³/mol. The maximum absolute atomic E-state index is 11.7. The van der Waals surface area contributed by atoms with Crippen LogP contribution in [0.3, 0.4) is 0 Å². The Morgan fingerprint density at radius 2 is 2.22 bits per heavy atom. The van der Waals surface area contributed by atoms with Gasteiger partial charge in [-0.1, -0.05) is 27.2 Å². The van der Waals surface area contributed by atoms with Gasteiger partial charge in [0.15, 0.2) is 0 Å². The summed E-state index contributed by atoms with van der Waals surface area (Å²) >= 11 is 3.90. The van der Waals surface area contributed by atoms with E-state index in [4.69, 9.17) is 0 Å². The molecule has 3 atom stereocenters. The van der Waals surface area contributed by atoms with Crippen molar-refractivity contribution in [2.75, 3.05) is 5.75 Å². The van der Waals surface area contributed by atoms with Crippen LogP contribution in [-0.2, 0) is 6.42 Å². The van der Waals surface area contributed by atoms with Crippen LogP contribution in [0.15, 0.2) is 10.9 Å². The molecule has 0 bridgehead atoms. The molecular weight excluding hydrogens is 264 g/mol. The van der Waals surface area contributed by atoms with E-state index in [-0.39, 0.29) is 5.56 Å². The van der Waals surface area contributed by atoms with Gasteiger partial charge < -0.3 is 4.98 Å². The predicted octanol–water partition coefficient (Wildman–Crippen LogP) is 3.02. The summed E-state index contributed by atoms with van der Waals surface area (Å²) in [4.78, 5) is 19.2. The van der Waals surface area contributed by atoms with Crippen molar-refractivity contribution in [3.05, 3.63) is 27.9 Å². The fourth-order valence-corrected chi connectivity index (χ4v) is 4.86. The van der Waals surface area contributed by atoms with E-state index in [0.29, 0.717) is 15.7 Å². The van der Waals surface area contributed by atoms with E-state index in [1.807, 2.05) is 23.5 Å². The largest absolute Gasteiger partial charge is 0.310 e. The molecule has 0 aliphatic carbocycles. The van der Waals surface area contributed by atoms with E-state index < -0.39 is 0 Å². The molecule has 1 saturated heterocycles. The second-order valence-corrected chi connectivity index (χ2v) is 7.74. The molecule has 0 spiro atoms. The highest BCUT2D eigenvalue weighted by Gasteiger charge is 2.28. The molecule has 1 N–H and O–H groups in total. The van der Waals surface area contributed by atoms with Crippen molar-refractivity contribution in [1.82, 2.24) is 9.97 Å². The Hall–Kier alpha value is -0.420. The molecule has 1 fully saturated rings. The van der Waals surface area contributed by atoms with Gasteiger partial charge in [0.2, 0.25) is 0 Å². The zero-order chi connectivity index (χ0) is 13.1. The zero-order valence-corrected chi connectivity index (χ0v) is 12.7. The summed E-state index contributed by atoms with van der Waals surface area (Å²) in [6.45, 7) is 6.63. The fourth-order valence-electron chi connectivity index (χ4n) is 1.99. The smallest absolute Gasteiger partial charge is 0.251 e. The minimum absolute atomic E-state index is 0.0136. The van der Waals surface area contributed by atoms with Crippen molar-refractivity contribution in [3.63, 3.8) is 0 Å². The number of aryl methyl sites for hydroxylation is 1. The van der Waals surface area contributed by atoms with Crippen LogP contribution < -0.4 is 5.56 Å². The van der Waals surface area contributed by atoms with E-state index in [1.165, 1.54) is 0 Å². The average Bonchev–Trinajstić information content (AvgIpc) is 2.32. The number of H-pyrrole nitrogens is 1. The maximum Gasteiger partial charge on any atom is 0.251 e. The molecule has 3 unspecified atom stereocenters. The Balaban J connectivity index is 2.20. The first-order valence-corrected chi connectivity index (χ1v) is 8.46. The number of rotatable bonds is 3. The summed E-state index contributed by atoms with van der Waals surface area (Å²) in [5.74, 6) is 1.90. The molecule has 5 heteroatoms. The monoisotopic (exact) mass is 284 g/mol. The van der Waals surface area contributed by atoms with Gasteiger partial charge in [-0.3, -0.25) is 4.79 Å². The molecule has 1 aromatic rings. The van der Waals surface area contributed by atoms with Gasteiger partial charge in [0.05, 0.1) is 5.25 Å². The van der Waals surface area contributed by atoms with Crippen LogP contribution in [0.1, 0.15) is 44.0 Å². The number of hydrogen-bond donors (Lipinski definition) is 1. The highest BCUT2D eigenvalue weighted by atomic mass is 32.2.